The van der Waals surface area contributed by atoms with Crippen molar-refractivity contribution in [3.8, 4) is 22.4 Å². The van der Waals surface area contributed by atoms with Gasteiger partial charge in [0.05, 0.1) is 12.3 Å². The molecule has 2 aromatic heterocycles. The Balaban J connectivity index is 1.71. The highest BCUT2D eigenvalue weighted by molar-refractivity contribution is 5.97. The minimum absolute atomic E-state index is 0.0776. The topological polar surface area (TPSA) is 75.1 Å². The molecule has 2 heterocycles. The Morgan fingerprint density at radius 3 is 2.36 bits per heavy atom. The first-order valence-electron chi connectivity index (χ1n) is 11.1. The molecule has 0 atom stereocenters. The van der Waals surface area contributed by atoms with Crippen molar-refractivity contribution in [3.05, 3.63) is 107 Å². The maximum atomic E-state index is 13.1. The summed E-state index contributed by atoms with van der Waals surface area (Å²) in [5.74, 6) is -0.176. The number of aromatic nitrogens is 2. The number of nitrogens with one attached hydrogen (secondary N) is 1. The minimum Gasteiger partial charge on any atom is -0.392 e. The average Bonchev–Trinajstić information content (AvgIpc) is 2.88. The number of hydrogen-bond acceptors (Lipinski definition) is 4. The van der Waals surface area contributed by atoms with Crippen molar-refractivity contribution in [2.24, 2.45) is 0 Å². The largest absolute Gasteiger partial charge is 0.392 e. The molecule has 166 valence electrons. The summed E-state index contributed by atoms with van der Waals surface area (Å²) in [6.45, 7) is 4.34. The minimum atomic E-state index is -0.176. The number of pyridine rings is 2. The van der Waals surface area contributed by atoms with Crippen LogP contribution in [0.3, 0.4) is 0 Å². The fourth-order valence-electron chi connectivity index (χ4n) is 3.69. The zero-order valence-corrected chi connectivity index (χ0v) is 18.9. The highest BCUT2D eigenvalue weighted by Crippen LogP contribution is 2.30. The Kier molecular flexibility index (Phi) is 6.91. The monoisotopic (exact) mass is 437 g/mol. The zero-order chi connectivity index (χ0) is 23.2. The molecule has 2 N–H and O–H groups in total. The van der Waals surface area contributed by atoms with E-state index < -0.39 is 0 Å². The maximum Gasteiger partial charge on any atom is 0.251 e. The number of carbonyl (C=O) groups is 1. The lowest BCUT2D eigenvalue weighted by Gasteiger charge is -2.13. The van der Waals surface area contributed by atoms with E-state index in [0.29, 0.717) is 12.1 Å². The quantitative estimate of drug-likeness (QED) is 0.422. The van der Waals surface area contributed by atoms with Crippen LogP contribution in [0.25, 0.3) is 22.4 Å². The smallest absolute Gasteiger partial charge is 0.251 e. The molecule has 5 heteroatoms. The van der Waals surface area contributed by atoms with Crippen LogP contribution in [0.15, 0.2) is 79.1 Å². The highest BCUT2D eigenvalue weighted by atomic mass is 16.3. The third-order valence-corrected chi connectivity index (χ3v) is 5.65. The van der Waals surface area contributed by atoms with Crippen molar-refractivity contribution in [1.82, 2.24) is 15.3 Å². The Hall–Kier alpha value is -3.83. The molecule has 0 saturated heterocycles. The summed E-state index contributed by atoms with van der Waals surface area (Å²) < 4.78 is 0. The number of aliphatic hydroxyl groups excluding tert-OH is 1. The van der Waals surface area contributed by atoms with E-state index in [9.17, 15) is 9.90 Å². The fraction of sp³-hybridized carbons (Fsp3) is 0.179. The van der Waals surface area contributed by atoms with Crippen LogP contribution >= 0.6 is 0 Å². The van der Waals surface area contributed by atoms with Crippen LogP contribution in [0.1, 0.15) is 39.7 Å². The molecular formula is C28H27N3O2. The van der Waals surface area contributed by atoms with Gasteiger partial charge in [0.25, 0.3) is 5.91 Å². The van der Waals surface area contributed by atoms with Crippen LogP contribution in [-0.2, 0) is 19.6 Å². The van der Waals surface area contributed by atoms with Crippen LogP contribution in [0.4, 0.5) is 0 Å². The van der Waals surface area contributed by atoms with Crippen molar-refractivity contribution in [1.29, 1.82) is 0 Å². The second kappa shape index (κ2) is 10.2. The van der Waals surface area contributed by atoms with E-state index in [1.54, 1.807) is 6.20 Å². The maximum absolute atomic E-state index is 13.1. The van der Waals surface area contributed by atoms with Crippen molar-refractivity contribution in [2.45, 2.75) is 33.4 Å². The Morgan fingerprint density at radius 1 is 0.909 bits per heavy atom. The third-order valence-electron chi connectivity index (χ3n) is 5.65. The average molecular weight is 438 g/mol. The number of amides is 1. The third kappa shape index (κ3) is 5.33. The summed E-state index contributed by atoms with van der Waals surface area (Å²) in [7, 11) is 0. The lowest BCUT2D eigenvalue weighted by Crippen LogP contribution is -2.23. The summed E-state index contributed by atoms with van der Waals surface area (Å²) in [5.41, 5.74) is 7.78. The highest BCUT2D eigenvalue weighted by Gasteiger charge is 2.13. The number of carbonyl (C=O) groups excluding carboxylic acids is 1. The predicted molar refractivity (Wildman–Crippen MR) is 131 cm³/mol. The Morgan fingerprint density at radius 2 is 1.67 bits per heavy atom. The molecule has 33 heavy (non-hydrogen) atoms. The van der Waals surface area contributed by atoms with Gasteiger partial charge in [-0.05, 0) is 71.5 Å². The van der Waals surface area contributed by atoms with Crippen molar-refractivity contribution >= 4 is 5.91 Å². The van der Waals surface area contributed by atoms with Gasteiger partial charge in [-0.25, -0.2) is 0 Å². The van der Waals surface area contributed by atoms with Gasteiger partial charge in [0.1, 0.15) is 0 Å². The Labute approximate surface area is 194 Å². The molecule has 2 aromatic carbocycles. The summed E-state index contributed by atoms with van der Waals surface area (Å²) in [4.78, 5) is 22.0. The number of benzene rings is 2. The Bertz CT molecular complexity index is 1250. The standard InChI is InChI=1S/C28H27N3O2/c1-3-20-10-11-27(30-15-20)24-12-23(26-7-5-4-6-22(26)18-32)13-25(14-24)28(33)31-17-21-9-8-19(2)29-16-21/h4-16,32H,3,17-18H2,1-2H3,(H,31,33). The van der Waals surface area contributed by atoms with Gasteiger partial charge in [0.15, 0.2) is 0 Å². The molecule has 0 radical (unpaired) electrons. The van der Waals surface area contributed by atoms with E-state index in [4.69, 9.17) is 0 Å². The van der Waals surface area contributed by atoms with Crippen molar-refractivity contribution in [3.63, 3.8) is 0 Å². The second-order valence-corrected chi connectivity index (χ2v) is 8.01. The van der Waals surface area contributed by atoms with E-state index >= 15 is 0 Å². The van der Waals surface area contributed by atoms with E-state index in [1.807, 2.05) is 73.8 Å². The molecule has 0 unspecified atom stereocenters. The molecule has 0 aliphatic rings. The first-order chi connectivity index (χ1) is 16.1. The van der Waals surface area contributed by atoms with Crippen LogP contribution in [0.2, 0.25) is 0 Å². The van der Waals surface area contributed by atoms with Gasteiger partial charge >= 0.3 is 0 Å². The number of aryl methyl sites for hydroxylation is 2. The van der Waals surface area contributed by atoms with Crippen molar-refractivity contribution in [2.75, 3.05) is 0 Å². The summed E-state index contributed by atoms with van der Waals surface area (Å²) in [6, 6.07) is 21.3. The van der Waals surface area contributed by atoms with Gasteiger partial charge in [-0.15, -0.1) is 0 Å². The van der Waals surface area contributed by atoms with Gasteiger partial charge in [-0.3, -0.25) is 14.8 Å². The number of nitrogens with zero attached hydrogens (tertiary/aromatic N) is 2. The summed E-state index contributed by atoms with van der Waals surface area (Å²) in [6.07, 6.45) is 4.56. The molecule has 1 amide bonds. The number of aliphatic hydroxyl groups is 1. The molecular weight excluding hydrogens is 410 g/mol. The normalized spacial score (nSPS) is 10.8. The predicted octanol–water partition coefficient (Wildman–Crippen LogP) is 5.10. The second-order valence-electron chi connectivity index (χ2n) is 8.01. The molecule has 0 bridgehead atoms. The molecule has 4 rings (SSSR count). The van der Waals surface area contributed by atoms with E-state index in [-0.39, 0.29) is 12.5 Å². The summed E-state index contributed by atoms with van der Waals surface area (Å²) in [5, 5.41) is 12.8. The SMILES string of the molecule is CCc1ccc(-c2cc(C(=O)NCc3ccc(C)nc3)cc(-c3ccccc3CO)c2)nc1. The van der Waals surface area contributed by atoms with Gasteiger partial charge in [0, 0.05) is 35.8 Å². The van der Waals surface area contributed by atoms with Gasteiger partial charge in [-0.1, -0.05) is 43.3 Å². The first-order valence-corrected chi connectivity index (χ1v) is 11.1. The molecule has 0 saturated carbocycles. The van der Waals surface area contributed by atoms with Crippen molar-refractivity contribution < 1.29 is 9.90 Å². The van der Waals surface area contributed by atoms with Gasteiger partial charge in [-0.2, -0.15) is 0 Å². The number of hydrogen-bond donors (Lipinski definition) is 2. The van der Waals surface area contributed by atoms with Gasteiger partial charge in [0.2, 0.25) is 0 Å². The van der Waals surface area contributed by atoms with Gasteiger partial charge < -0.3 is 10.4 Å². The van der Waals surface area contributed by atoms with Crippen LogP contribution in [-0.4, -0.2) is 21.0 Å². The van der Waals surface area contributed by atoms with E-state index in [2.05, 4.69) is 28.3 Å². The van der Waals surface area contributed by atoms with Crippen LogP contribution in [0, 0.1) is 6.92 Å². The first kappa shape index (κ1) is 22.4. The molecule has 0 aliphatic heterocycles. The zero-order valence-electron chi connectivity index (χ0n) is 18.9. The molecule has 4 aromatic rings. The van der Waals surface area contributed by atoms with E-state index in [1.165, 1.54) is 0 Å². The van der Waals surface area contributed by atoms with Crippen LogP contribution < -0.4 is 5.32 Å². The van der Waals surface area contributed by atoms with Crippen LogP contribution in [0.5, 0.6) is 0 Å². The number of rotatable bonds is 7. The van der Waals surface area contributed by atoms with E-state index in [0.717, 1.165) is 51.2 Å². The molecule has 0 aliphatic carbocycles. The molecule has 0 fully saturated rings. The summed E-state index contributed by atoms with van der Waals surface area (Å²) >= 11 is 0. The lowest BCUT2D eigenvalue weighted by atomic mass is 9.94. The molecule has 0 spiro atoms. The molecule has 5 nitrogen and oxygen atoms in total. The lowest BCUT2D eigenvalue weighted by molar-refractivity contribution is 0.0951. The fourth-order valence-corrected chi connectivity index (χ4v) is 3.69.